The molecule has 0 saturated heterocycles. The minimum Gasteiger partial charge on any atom is -0.481 e. The van der Waals surface area contributed by atoms with Gasteiger partial charge < -0.3 is 10.8 Å². The van der Waals surface area contributed by atoms with E-state index in [0.29, 0.717) is 23.2 Å². The first-order valence-electron chi connectivity index (χ1n) is 17.1. The number of hydrogen-bond donors (Lipinski definition) is 2. The van der Waals surface area contributed by atoms with Crippen molar-refractivity contribution in [2.24, 2.45) is 5.73 Å². The number of primary amides is 1. The Hall–Kier alpha value is -5.21. The average Bonchev–Trinajstić information content (AvgIpc) is 3.58. The summed E-state index contributed by atoms with van der Waals surface area (Å²) in [7, 11) is 0. The monoisotopic (exact) mass is 653 g/mol. The van der Waals surface area contributed by atoms with Crippen LogP contribution in [0.4, 0.5) is 0 Å². The maximum atomic E-state index is 12.4. The molecular formula is C41H43N5O3. The first-order chi connectivity index (χ1) is 23.8. The molecule has 0 bridgehead atoms. The summed E-state index contributed by atoms with van der Waals surface area (Å²) in [5.41, 5.74) is 18.0. The number of carbonyl (C=O) groups excluding carboxylic acids is 1. The molecular weight excluding hydrogens is 610 g/mol. The van der Waals surface area contributed by atoms with Crippen LogP contribution >= 0.6 is 0 Å². The molecule has 0 unspecified atom stereocenters. The van der Waals surface area contributed by atoms with Gasteiger partial charge in [-0.1, -0.05) is 60.7 Å². The van der Waals surface area contributed by atoms with Gasteiger partial charge in [0.05, 0.1) is 11.4 Å². The van der Waals surface area contributed by atoms with E-state index in [1.807, 2.05) is 13.1 Å². The Bertz CT molecular complexity index is 1920. The molecule has 3 N–H and O–H groups in total. The van der Waals surface area contributed by atoms with Crippen molar-refractivity contribution in [3.8, 4) is 22.5 Å². The number of nitrogens with zero attached hydrogens (tertiary/aromatic N) is 4. The summed E-state index contributed by atoms with van der Waals surface area (Å²) in [6.45, 7) is 6.80. The molecule has 1 aliphatic rings. The number of nitrogens with two attached hydrogens (primary N) is 1. The molecule has 3 aromatic heterocycles. The summed E-state index contributed by atoms with van der Waals surface area (Å²) in [4.78, 5) is 40.5. The van der Waals surface area contributed by atoms with Crippen molar-refractivity contribution in [1.82, 2.24) is 19.9 Å². The van der Waals surface area contributed by atoms with Gasteiger partial charge in [0.15, 0.2) is 0 Å². The van der Waals surface area contributed by atoms with Crippen molar-refractivity contribution in [3.63, 3.8) is 0 Å². The summed E-state index contributed by atoms with van der Waals surface area (Å²) >= 11 is 0. The lowest BCUT2D eigenvalue weighted by Gasteiger charge is -2.23. The number of amides is 1. The number of carboxylic acids is 1. The van der Waals surface area contributed by atoms with Gasteiger partial charge in [-0.2, -0.15) is 0 Å². The molecule has 8 heteroatoms. The smallest absolute Gasteiger partial charge is 0.303 e. The molecule has 8 nitrogen and oxygen atoms in total. The molecule has 0 aliphatic heterocycles. The maximum absolute atomic E-state index is 12.4. The standard InChI is InChI=1S/C41H43N5O3/c1-27-28(2)38(35-21-31(18-19-37(47)48)23-43-40(35)41(42)49)44-24-36(27)39-34-17-9-15-32(34)22-33(45-39)16-10-20-46(25-29-11-5-3-6-12-29)26-30-13-7-4-8-14-30/h3-8,11-14,21-24H,9-10,15-20,25-26H2,1-2H3,(H2,42,49)(H,47,48). The number of aliphatic carboxylic acids is 1. The predicted molar refractivity (Wildman–Crippen MR) is 192 cm³/mol. The molecule has 5 aromatic rings. The van der Waals surface area contributed by atoms with Crippen LogP contribution in [0, 0.1) is 13.8 Å². The van der Waals surface area contributed by atoms with E-state index in [0.717, 1.165) is 79.8 Å². The highest BCUT2D eigenvalue weighted by atomic mass is 16.4. The SMILES string of the molecule is Cc1c(-c2nc(CCCN(Cc3ccccc3)Cc3ccccc3)cc3c2CCC3)cnc(-c2cc(CCC(=O)O)cnc2C(N)=O)c1C. The molecule has 0 fully saturated rings. The van der Waals surface area contributed by atoms with Crippen LogP contribution in [0.3, 0.4) is 0 Å². The third kappa shape index (κ3) is 8.09. The van der Waals surface area contributed by atoms with Crippen molar-refractivity contribution in [2.75, 3.05) is 6.54 Å². The van der Waals surface area contributed by atoms with Crippen molar-refractivity contribution >= 4 is 11.9 Å². The Morgan fingerprint density at radius 2 is 1.49 bits per heavy atom. The third-order valence-corrected chi connectivity index (χ3v) is 9.51. The summed E-state index contributed by atoms with van der Waals surface area (Å²) in [5.74, 6) is -1.55. The summed E-state index contributed by atoms with van der Waals surface area (Å²) in [5, 5.41) is 9.18. The second-order valence-corrected chi connectivity index (χ2v) is 13.0. The lowest BCUT2D eigenvalue weighted by molar-refractivity contribution is -0.136. The number of pyridine rings is 3. The molecule has 0 saturated carbocycles. The molecule has 6 rings (SSSR count). The highest BCUT2D eigenvalue weighted by molar-refractivity contribution is 5.98. The van der Waals surface area contributed by atoms with E-state index in [4.69, 9.17) is 15.7 Å². The van der Waals surface area contributed by atoms with Crippen molar-refractivity contribution in [3.05, 3.63) is 136 Å². The highest BCUT2D eigenvalue weighted by Crippen LogP contribution is 2.37. The second-order valence-electron chi connectivity index (χ2n) is 13.0. The van der Waals surface area contributed by atoms with Crippen LogP contribution in [0.15, 0.2) is 85.2 Å². The Morgan fingerprint density at radius 1 is 0.796 bits per heavy atom. The van der Waals surface area contributed by atoms with E-state index in [1.54, 1.807) is 6.07 Å². The van der Waals surface area contributed by atoms with Gasteiger partial charge in [0, 0.05) is 48.7 Å². The minimum atomic E-state index is -0.894. The van der Waals surface area contributed by atoms with Gasteiger partial charge in [0.2, 0.25) is 0 Å². The maximum Gasteiger partial charge on any atom is 0.303 e. The topological polar surface area (TPSA) is 122 Å². The third-order valence-electron chi connectivity index (χ3n) is 9.51. The molecule has 2 aromatic carbocycles. The fourth-order valence-electron chi connectivity index (χ4n) is 6.86. The van der Waals surface area contributed by atoms with Gasteiger partial charge in [-0.3, -0.25) is 29.4 Å². The number of hydrogen-bond acceptors (Lipinski definition) is 6. The fraction of sp³-hybridized carbons (Fsp3) is 0.293. The molecule has 1 aliphatic carbocycles. The molecule has 0 spiro atoms. The zero-order valence-electron chi connectivity index (χ0n) is 28.3. The summed E-state index contributed by atoms with van der Waals surface area (Å²) in [6.07, 6.45) is 8.64. The summed E-state index contributed by atoms with van der Waals surface area (Å²) in [6, 6.07) is 25.4. The Morgan fingerprint density at radius 3 is 2.14 bits per heavy atom. The quantitative estimate of drug-likeness (QED) is 0.132. The number of carboxylic acid groups (broad SMARTS) is 1. The van der Waals surface area contributed by atoms with Gasteiger partial charge in [0.25, 0.3) is 5.91 Å². The van der Waals surface area contributed by atoms with Crippen molar-refractivity contribution in [1.29, 1.82) is 0 Å². The van der Waals surface area contributed by atoms with Gasteiger partial charge in [-0.25, -0.2) is 0 Å². The van der Waals surface area contributed by atoms with Crippen LogP contribution in [-0.2, 0) is 43.6 Å². The minimum absolute atomic E-state index is 0.0351. The van der Waals surface area contributed by atoms with Crippen LogP contribution in [-0.4, -0.2) is 43.4 Å². The first-order valence-corrected chi connectivity index (χ1v) is 17.1. The van der Waals surface area contributed by atoms with Crippen molar-refractivity contribution in [2.45, 2.75) is 71.9 Å². The van der Waals surface area contributed by atoms with E-state index in [2.05, 4.69) is 83.5 Å². The van der Waals surface area contributed by atoms with Gasteiger partial charge in [-0.15, -0.1) is 0 Å². The average molecular weight is 654 g/mol. The molecule has 0 atom stereocenters. The zero-order chi connectivity index (χ0) is 34.3. The van der Waals surface area contributed by atoms with E-state index >= 15 is 0 Å². The van der Waals surface area contributed by atoms with Crippen molar-refractivity contribution < 1.29 is 14.7 Å². The molecule has 250 valence electrons. The molecule has 3 heterocycles. The summed E-state index contributed by atoms with van der Waals surface area (Å²) < 4.78 is 0. The largest absolute Gasteiger partial charge is 0.481 e. The Labute approximate surface area is 288 Å². The van der Waals surface area contributed by atoms with Crippen LogP contribution < -0.4 is 5.73 Å². The Balaban J connectivity index is 1.26. The first kappa shape index (κ1) is 33.7. The second kappa shape index (κ2) is 15.3. The van der Waals surface area contributed by atoms with Gasteiger partial charge in [-0.05, 0) is 110 Å². The molecule has 0 radical (unpaired) electrons. The van der Waals surface area contributed by atoms with E-state index < -0.39 is 11.9 Å². The van der Waals surface area contributed by atoms with Crippen LogP contribution in [0.1, 0.15) is 74.4 Å². The number of benzene rings is 2. The Kier molecular flexibility index (Phi) is 10.5. The van der Waals surface area contributed by atoms with E-state index in [-0.39, 0.29) is 12.1 Å². The molecule has 1 amide bonds. The van der Waals surface area contributed by atoms with Crippen LogP contribution in [0.25, 0.3) is 22.5 Å². The van der Waals surface area contributed by atoms with Gasteiger partial charge in [0.1, 0.15) is 5.69 Å². The highest BCUT2D eigenvalue weighted by Gasteiger charge is 2.23. The zero-order valence-corrected chi connectivity index (χ0v) is 28.3. The number of aromatic nitrogens is 3. The van der Waals surface area contributed by atoms with Crippen LogP contribution in [0.2, 0.25) is 0 Å². The lowest BCUT2D eigenvalue weighted by Crippen LogP contribution is -2.24. The number of aryl methyl sites for hydroxylation is 3. The molecule has 49 heavy (non-hydrogen) atoms. The number of rotatable bonds is 14. The van der Waals surface area contributed by atoms with E-state index in [1.165, 1.54) is 28.5 Å². The number of fused-ring (bicyclic) bond motifs is 1. The predicted octanol–water partition coefficient (Wildman–Crippen LogP) is 7.06. The number of carbonyl (C=O) groups is 2. The fourth-order valence-corrected chi connectivity index (χ4v) is 6.86. The van der Waals surface area contributed by atoms with Gasteiger partial charge >= 0.3 is 5.97 Å². The lowest BCUT2D eigenvalue weighted by atomic mass is 9.93. The van der Waals surface area contributed by atoms with Crippen LogP contribution in [0.5, 0.6) is 0 Å². The normalized spacial score (nSPS) is 12.3. The van der Waals surface area contributed by atoms with E-state index in [9.17, 15) is 14.7 Å².